The zero-order chi connectivity index (χ0) is 24.4. The number of hydrogen-bond donors (Lipinski definition) is 8. The van der Waals surface area contributed by atoms with E-state index in [-0.39, 0.29) is 12.8 Å². The Labute approximate surface area is 183 Å². The van der Waals surface area contributed by atoms with Gasteiger partial charge in [0.1, 0.15) is 18.1 Å². The van der Waals surface area contributed by atoms with Crippen molar-refractivity contribution in [2.24, 2.45) is 5.73 Å². The Morgan fingerprint density at radius 1 is 1.03 bits per heavy atom. The van der Waals surface area contributed by atoms with Gasteiger partial charge in [0.15, 0.2) is 0 Å². The van der Waals surface area contributed by atoms with Gasteiger partial charge in [0.2, 0.25) is 17.7 Å². The molecule has 0 spiro atoms. The van der Waals surface area contributed by atoms with E-state index in [4.69, 9.17) is 10.8 Å². The molecule has 0 fully saturated rings. The van der Waals surface area contributed by atoms with E-state index in [0.29, 0.717) is 5.69 Å². The number of aliphatic hydroxyl groups excluding tert-OH is 1. The highest BCUT2D eigenvalue weighted by Gasteiger charge is 2.32. The molecule has 9 N–H and O–H groups in total. The lowest BCUT2D eigenvalue weighted by Gasteiger charge is -2.26. The summed E-state index contributed by atoms with van der Waals surface area (Å²) in [7, 11) is 0. The molecule has 32 heavy (non-hydrogen) atoms. The standard InChI is InChI=1S/C18H28N6O8/c1-8(19)15(28)22-11(3-4-13(26)27)16(29)24-14(9(2)25)17(30)23-12(18(31)32)5-10-6-20-7-21-10/h6-9,11-12,14,25H,3-5,19H2,1-2H3,(H,20,21)(H,22,28)(H,23,30)(H,24,29)(H,26,27)(H,31,32). The predicted octanol–water partition coefficient (Wildman–Crippen LogP) is -2.92. The van der Waals surface area contributed by atoms with Gasteiger partial charge in [-0.3, -0.25) is 19.2 Å². The molecule has 1 rings (SSSR count). The van der Waals surface area contributed by atoms with Crippen molar-refractivity contribution >= 4 is 29.7 Å². The third-order valence-corrected chi connectivity index (χ3v) is 4.35. The number of H-pyrrole nitrogens is 1. The van der Waals surface area contributed by atoms with Crippen LogP contribution in [0.4, 0.5) is 0 Å². The minimum atomic E-state index is -1.58. The van der Waals surface area contributed by atoms with Gasteiger partial charge in [-0.05, 0) is 20.3 Å². The van der Waals surface area contributed by atoms with E-state index < -0.39 is 66.4 Å². The number of carbonyl (C=O) groups excluding carboxylic acids is 3. The lowest BCUT2D eigenvalue weighted by atomic mass is 10.1. The molecular formula is C18H28N6O8. The van der Waals surface area contributed by atoms with Crippen molar-refractivity contribution in [2.45, 2.75) is 63.4 Å². The first-order chi connectivity index (χ1) is 14.9. The third-order valence-electron chi connectivity index (χ3n) is 4.35. The number of rotatable bonds is 13. The third kappa shape index (κ3) is 8.69. The van der Waals surface area contributed by atoms with Crippen molar-refractivity contribution in [3.05, 3.63) is 18.2 Å². The van der Waals surface area contributed by atoms with E-state index in [1.165, 1.54) is 26.4 Å². The van der Waals surface area contributed by atoms with Crippen LogP contribution in [0.25, 0.3) is 0 Å². The van der Waals surface area contributed by atoms with Crippen LogP contribution in [0.5, 0.6) is 0 Å². The van der Waals surface area contributed by atoms with E-state index in [1.54, 1.807) is 0 Å². The van der Waals surface area contributed by atoms with Crippen molar-refractivity contribution in [3.63, 3.8) is 0 Å². The second-order valence-corrected chi connectivity index (χ2v) is 7.19. The Morgan fingerprint density at radius 2 is 1.66 bits per heavy atom. The summed E-state index contributed by atoms with van der Waals surface area (Å²) in [4.78, 5) is 65.9. The van der Waals surface area contributed by atoms with Crippen molar-refractivity contribution in [3.8, 4) is 0 Å². The Morgan fingerprint density at radius 3 is 2.12 bits per heavy atom. The summed E-state index contributed by atoms with van der Waals surface area (Å²) in [6, 6.07) is -5.30. The molecule has 0 aromatic carbocycles. The van der Waals surface area contributed by atoms with E-state index in [0.717, 1.165) is 0 Å². The number of imidazole rings is 1. The Balaban J connectivity index is 2.92. The van der Waals surface area contributed by atoms with E-state index in [1.807, 2.05) is 0 Å². The zero-order valence-corrected chi connectivity index (χ0v) is 17.6. The fourth-order valence-corrected chi connectivity index (χ4v) is 2.58. The molecule has 14 heteroatoms. The molecule has 0 saturated heterocycles. The van der Waals surface area contributed by atoms with Crippen LogP contribution in [0.3, 0.4) is 0 Å². The van der Waals surface area contributed by atoms with Gasteiger partial charge in [0.05, 0.1) is 18.5 Å². The van der Waals surface area contributed by atoms with Crippen LogP contribution >= 0.6 is 0 Å². The average molecular weight is 456 g/mol. The van der Waals surface area contributed by atoms with E-state index in [9.17, 15) is 34.2 Å². The molecule has 0 aliphatic heterocycles. The van der Waals surface area contributed by atoms with Crippen molar-refractivity contribution in [1.82, 2.24) is 25.9 Å². The molecule has 0 aliphatic carbocycles. The highest BCUT2D eigenvalue weighted by molar-refractivity contribution is 5.94. The molecule has 0 radical (unpaired) electrons. The van der Waals surface area contributed by atoms with E-state index in [2.05, 4.69) is 25.9 Å². The summed E-state index contributed by atoms with van der Waals surface area (Å²) in [5.41, 5.74) is 5.88. The quantitative estimate of drug-likeness (QED) is 0.150. The van der Waals surface area contributed by atoms with Gasteiger partial charge >= 0.3 is 11.9 Å². The number of aliphatic hydroxyl groups is 1. The van der Waals surface area contributed by atoms with Crippen molar-refractivity contribution < 1.29 is 39.3 Å². The minimum Gasteiger partial charge on any atom is -0.481 e. The zero-order valence-electron chi connectivity index (χ0n) is 17.6. The van der Waals surface area contributed by atoms with Gasteiger partial charge < -0.3 is 42.0 Å². The first-order valence-electron chi connectivity index (χ1n) is 9.69. The lowest BCUT2D eigenvalue weighted by molar-refractivity contribution is -0.143. The maximum Gasteiger partial charge on any atom is 0.326 e. The minimum absolute atomic E-state index is 0.132. The molecule has 5 atom stereocenters. The van der Waals surface area contributed by atoms with Gasteiger partial charge in [0.25, 0.3) is 0 Å². The summed E-state index contributed by atoms with van der Waals surface area (Å²) in [5.74, 6) is -5.23. The first kappa shape index (κ1) is 26.5. The van der Waals surface area contributed by atoms with Gasteiger partial charge in [-0.2, -0.15) is 0 Å². The molecule has 14 nitrogen and oxygen atoms in total. The Kier molecular flexibility index (Phi) is 10.2. The normalized spacial score (nSPS) is 15.5. The van der Waals surface area contributed by atoms with Gasteiger partial charge in [-0.25, -0.2) is 9.78 Å². The van der Waals surface area contributed by atoms with Crippen LogP contribution in [0, 0.1) is 0 Å². The first-order valence-corrected chi connectivity index (χ1v) is 9.69. The number of aromatic amines is 1. The number of nitrogens with two attached hydrogens (primary N) is 1. The van der Waals surface area contributed by atoms with Crippen molar-refractivity contribution in [1.29, 1.82) is 0 Å². The fourth-order valence-electron chi connectivity index (χ4n) is 2.58. The summed E-state index contributed by atoms with van der Waals surface area (Å²) >= 11 is 0. The van der Waals surface area contributed by atoms with Gasteiger partial charge in [0, 0.05) is 24.7 Å². The number of aliphatic carboxylic acids is 2. The average Bonchev–Trinajstić information content (AvgIpc) is 3.20. The molecule has 1 aromatic heterocycles. The molecule has 0 bridgehead atoms. The number of amides is 3. The molecule has 178 valence electrons. The van der Waals surface area contributed by atoms with Gasteiger partial charge in [-0.15, -0.1) is 0 Å². The van der Waals surface area contributed by atoms with Crippen LogP contribution in [-0.2, 0) is 30.4 Å². The number of carboxylic acids is 2. The summed E-state index contributed by atoms with van der Waals surface area (Å²) in [6.45, 7) is 2.56. The highest BCUT2D eigenvalue weighted by Crippen LogP contribution is 2.04. The molecule has 1 aromatic rings. The Bertz CT molecular complexity index is 810. The molecule has 5 unspecified atom stereocenters. The lowest BCUT2D eigenvalue weighted by Crippen LogP contribution is -2.60. The van der Waals surface area contributed by atoms with E-state index >= 15 is 0 Å². The number of carboxylic acid groups (broad SMARTS) is 2. The molecule has 0 saturated carbocycles. The van der Waals surface area contributed by atoms with Crippen LogP contribution in [0.15, 0.2) is 12.5 Å². The number of aromatic nitrogens is 2. The molecule has 1 heterocycles. The van der Waals surface area contributed by atoms with Crippen LogP contribution in [-0.4, -0.2) is 85.2 Å². The fraction of sp³-hybridized carbons (Fsp3) is 0.556. The second kappa shape index (κ2) is 12.4. The maximum absolute atomic E-state index is 12.6. The summed E-state index contributed by atoms with van der Waals surface area (Å²) in [5, 5.41) is 34.9. The smallest absolute Gasteiger partial charge is 0.326 e. The largest absolute Gasteiger partial charge is 0.481 e. The Hall–Kier alpha value is -3.52. The highest BCUT2D eigenvalue weighted by atomic mass is 16.4. The number of hydrogen-bond acceptors (Lipinski definition) is 8. The van der Waals surface area contributed by atoms with Crippen LogP contribution < -0.4 is 21.7 Å². The van der Waals surface area contributed by atoms with Crippen LogP contribution in [0.2, 0.25) is 0 Å². The number of nitrogens with zero attached hydrogens (tertiary/aromatic N) is 1. The van der Waals surface area contributed by atoms with Crippen LogP contribution in [0.1, 0.15) is 32.4 Å². The number of carbonyl (C=O) groups is 5. The summed E-state index contributed by atoms with van der Waals surface area (Å²) in [6.07, 6.45) is 0.379. The predicted molar refractivity (Wildman–Crippen MR) is 108 cm³/mol. The van der Waals surface area contributed by atoms with Gasteiger partial charge in [-0.1, -0.05) is 0 Å². The SMILES string of the molecule is CC(N)C(=O)NC(CCC(=O)O)C(=O)NC(C(=O)NC(Cc1cnc[nH]1)C(=O)O)C(C)O. The summed E-state index contributed by atoms with van der Waals surface area (Å²) < 4.78 is 0. The topological polar surface area (TPSA) is 237 Å². The number of nitrogens with one attached hydrogen (secondary N) is 4. The maximum atomic E-state index is 12.6. The molecule has 3 amide bonds. The monoisotopic (exact) mass is 456 g/mol. The van der Waals surface area contributed by atoms with Crippen molar-refractivity contribution in [2.75, 3.05) is 0 Å². The molecular weight excluding hydrogens is 428 g/mol. The second-order valence-electron chi connectivity index (χ2n) is 7.19. The molecule has 0 aliphatic rings.